The minimum atomic E-state index is -2.00. The van der Waals surface area contributed by atoms with E-state index in [4.69, 9.17) is 27.4 Å². The van der Waals surface area contributed by atoms with E-state index in [1.807, 2.05) is 5.32 Å². The Bertz CT molecular complexity index is 2200. The highest BCUT2D eigenvalue weighted by Gasteiger charge is 2.34. The maximum atomic E-state index is 14.0. The number of hydrogen-bond acceptors (Lipinski definition) is 16. The smallest absolute Gasteiger partial charge is 0.326 e. The number of carbonyl (C=O) groups is 11. The molecule has 0 saturated heterocycles. The first-order valence-corrected chi connectivity index (χ1v) is 22.7. The number of rotatable bonds is 34. The number of carbonyl (C=O) groups excluding carboxylic acids is 7. The number of nitrogens with two attached hydrogens (primary N) is 3. The van der Waals surface area contributed by atoms with Crippen LogP contribution in [0.2, 0.25) is 0 Å². The molecule has 7 amide bonds. The molecule has 0 aromatic heterocycles. The SMILES string of the molecule is NCCCC[C@H](NC(=O)[C@H](Cc1ccc(O)cc1)NC(=O)[C@@H](N)CCC(=O)O)C(=O)NCC(=O)N[C@@H](Cc1ccc(O)cc1)C(=O)N[C@@H](CCCCN)C(=O)N[C@@H](CC(=O)O)C(=O)N[C@@H](CC(=O)O)C(=O)O. The normalized spacial score (nSPS) is 13.8. The molecule has 0 unspecified atom stereocenters. The van der Waals surface area contributed by atoms with Gasteiger partial charge in [0, 0.05) is 19.3 Å². The van der Waals surface area contributed by atoms with E-state index in [1.165, 1.54) is 48.5 Å². The molecule has 0 aliphatic carbocycles. The quantitative estimate of drug-likeness (QED) is 0.0301. The fourth-order valence-corrected chi connectivity index (χ4v) is 6.75. The summed E-state index contributed by atoms with van der Waals surface area (Å²) in [5.74, 6) is -13.5. The van der Waals surface area contributed by atoms with Crippen LogP contribution in [0, 0.1) is 0 Å². The summed E-state index contributed by atoms with van der Waals surface area (Å²) >= 11 is 0. The Morgan fingerprint density at radius 2 is 0.833 bits per heavy atom. The number of hydrogen-bond donors (Lipinski definition) is 16. The van der Waals surface area contributed by atoms with E-state index < -0.39 is 133 Å². The molecule has 7 atom stereocenters. The van der Waals surface area contributed by atoms with Crippen LogP contribution in [0.5, 0.6) is 11.5 Å². The molecule has 2 aromatic carbocycles. The lowest BCUT2D eigenvalue weighted by Gasteiger charge is -2.26. The van der Waals surface area contributed by atoms with E-state index in [0.29, 0.717) is 30.4 Å². The molecule has 0 bridgehead atoms. The minimum Gasteiger partial charge on any atom is -0.508 e. The van der Waals surface area contributed by atoms with Gasteiger partial charge in [-0.05, 0) is 93.4 Å². The van der Waals surface area contributed by atoms with Gasteiger partial charge in [-0.2, -0.15) is 0 Å². The summed E-state index contributed by atoms with van der Waals surface area (Å²) in [7, 11) is 0. The third-order valence-electron chi connectivity index (χ3n) is 10.6. The zero-order valence-corrected chi connectivity index (χ0v) is 39.2. The Labute approximate surface area is 412 Å². The fourth-order valence-electron chi connectivity index (χ4n) is 6.75. The first-order chi connectivity index (χ1) is 34.0. The topological polar surface area (TPSA) is 471 Å². The van der Waals surface area contributed by atoms with Gasteiger partial charge < -0.3 is 85.1 Å². The van der Waals surface area contributed by atoms with Gasteiger partial charge in [-0.15, -0.1) is 0 Å². The number of phenolic OH excluding ortho intramolecular Hbond substituents is 2. The van der Waals surface area contributed by atoms with Crippen molar-refractivity contribution in [1.29, 1.82) is 0 Å². The summed E-state index contributed by atoms with van der Waals surface area (Å²) in [5, 5.41) is 73.0. The molecule has 0 saturated carbocycles. The summed E-state index contributed by atoms with van der Waals surface area (Å²) in [6.45, 7) is -0.422. The van der Waals surface area contributed by atoms with Crippen LogP contribution < -0.4 is 54.4 Å². The van der Waals surface area contributed by atoms with Crippen molar-refractivity contribution in [2.75, 3.05) is 19.6 Å². The molecule has 0 aliphatic heterocycles. The summed E-state index contributed by atoms with van der Waals surface area (Å²) < 4.78 is 0. The Hall–Kier alpha value is -7.91. The number of amides is 7. The number of unbranched alkanes of at least 4 members (excludes halogenated alkanes) is 2. The number of phenols is 2. The Balaban J connectivity index is 2.37. The van der Waals surface area contributed by atoms with Crippen molar-refractivity contribution >= 4 is 65.2 Å². The van der Waals surface area contributed by atoms with Crippen LogP contribution in [0.1, 0.15) is 75.3 Å². The third kappa shape index (κ3) is 23.1. The van der Waals surface area contributed by atoms with Crippen LogP contribution in [0.15, 0.2) is 48.5 Å². The molecule has 27 nitrogen and oxygen atoms in total. The number of carboxylic acids is 4. The first kappa shape index (κ1) is 60.2. The van der Waals surface area contributed by atoms with Gasteiger partial charge in [0.25, 0.3) is 0 Å². The summed E-state index contributed by atoms with van der Waals surface area (Å²) in [6.07, 6.45) is -2.24. The fraction of sp³-hybridized carbons (Fsp3) is 0.489. The second-order valence-corrected chi connectivity index (χ2v) is 16.5. The van der Waals surface area contributed by atoms with Crippen molar-refractivity contribution in [2.45, 2.75) is 119 Å². The van der Waals surface area contributed by atoms with Crippen LogP contribution in [0.3, 0.4) is 0 Å². The van der Waals surface area contributed by atoms with Crippen LogP contribution in [-0.4, -0.2) is 158 Å². The molecule has 27 heteroatoms. The second-order valence-electron chi connectivity index (χ2n) is 16.5. The van der Waals surface area contributed by atoms with Gasteiger partial charge in [-0.3, -0.25) is 47.9 Å². The summed E-state index contributed by atoms with van der Waals surface area (Å²) in [4.78, 5) is 140. The van der Waals surface area contributed by atoms with Crippen LogP contribution in [0.4, 0.5) is 0 Å². The highest BCUT2D eigenvalue weighted by Crippen LogP contribution is 2.14. The van der Waals surface area contributed by atoms with Gasteiger partial charge in [0.15, 0.2) is 0 Å². The number of benzene rings is 2. The van der Waals surface area contributed by atoms with Crippen LogP contribution >= 0.6 is 0 Å². The zero-order chi connectivity index (χ0) is 53.9. The standard InChI is InChI=1S/C45H64N10O17/c46-17-3-1-5-29(51-43(69)32(20-25-9-13-27(57)14-10-25)53-39(65)28(48)15-16-36(59)60)40(66)49-23-35(58)50-31(19-24-7-11-26(56)12-8-24)42(68)52-30(6-2-4-18-47)41(67)54-33(21-37(61)62)44(70)55-34(45(71)72)22-38(63)64/h7-14,28-34,56-57H,1-6,15-23,46-48H2,(H,49,66)(H,50,58)(H,51,69)(H,52,68)(H,53,65)(H,54,67)(H,55,70)(H,59,60)(H,61,62)(H,63,64)(H,71,72)/t28-,29-,30-,31-,32-,33-,34-/m0/s1. The predicted molar refractivity (Wildman–Crippen MR) is 251 cm³/mol. The number of carboxylic acid groups (broad SMARTS) is 4. The van der Waals surface area contributed by atoms with Gasteiger partial charge in [0.05, 0.1) is 25.4 Å². The van der Waals surface area contributed by atoms with Gasteiger partial charge in [-0.25, -0.2) is 4.79 Å². The molecular weight excluding hydrogens is 953 g/mol. The number of aromatic hydroxyl groups is 2. The van der Waals surface area contributed by atoms with E-state index in [1.54, 1.807) is 0 Å². The molecule has 0 aliphatic rings. The summed E-state index contributed by atoms with van der Waals surface area (Å²) in [5.41, 5.74) is 18.0. The lowest BCUT2D eigenvalue weighted by atomic mass is 10.0. The van der Waals surface area contributed by atoms with E-state index in [-0.39, 0.29) is 63.1 Å². The average Bonchev–Trinajstić information content (AvgIpc) is 3.31. The van der Waals surface area contributed by atoms with Gasteiger partial charge in [0.2, 0.25) is 41.4 Å². The van der Waals surface area contributed by atoms with E-state index in [2.05, 4.69) is 31.9 Å². The van der Waals surface area contributed by atoms with E-state index in [9.17, 15) is 73.2 Å². The molecule has 2 rings (SSSR count). The molecule has 0 radical (unpaired) electrons. The molecule has 0 fully saturated rings. The van der Waals surface area contributed by atoms with Crippen molar-refractivity contribution < 1.29 is 83.4 Å². The van der Waals surface area contributed by atoms with Crippen LogP contribution in [0.25, 0.3) is 0 Å². The van der Waals surface area contributed by atoms with Crippen molar-refractivity contribution in [3.8, 4) is 11.5 Å². The van der Waals surface area contributed by atoms with E-state index >= 15 is 0 Å². The second kappa shape index (κ2) is 31.3. The molecule has 0 spiro atoms. The molecule has 2 aromatic rings. The van der Waals surface area contributed by atoms with Gasteiger partial charge in [-0.1, -0.05) is 24.3 Å². The van der Waals surface area contributed by atoms with Crippen molar-refractivity contribution in [3.63, 3.8) is 0 Å². The Morgan fingerprint density at radius 1 is 0.444 bits per heavy atom. The lowest BCUT2D eigenvalue weighted by molar-refractivity contribution is -0.148. The van der Waals surface area contributed by atoms with Gasteiger partial charge >= 0.3 is 23.9 Å². The number of nitrogens with one attached hydrogen (secondary N) is 7. The number of aliphatic carboxylic acids is 4. The van der Waals surface area contributed by atoms with Crippen LogP contribution in [-0.2, 0) is 65.6 Å². The van der Waals surface area contributed by atoms with E-state index in [0.717, 1.165) is 0 Å². The first-order valence-electron chi connectivity index (χ1n) is 22.7. The lowest BCUT2D eigenvalue weighted by Crippen LogP contribution is -2.59. The minimum absolute atomic E-state index is 0.00859. The molecule has 396 valence electrons. The Kier molecular flexibility index (Phi) is 26.2. The highest BCUT2D eigenvalue weighted by molar-refractivity contribution is 5.98. The highest BCUT2D eigenvalue weighted by atomic mass is 16.4. The molecular formula is C45H64N10O17. The average molecular weight is 1020 g/mol. The maximum Gasteiger partial charge on any atom is 0.326 e. The molecule has 19 N–H and O–H groups in total. The predicted octanol–water partition coefficient (Wildman–Crippen LogP) is -3.61. The molecule has 72 heavy (non-hydrogen) atoms. The zero-order valence-electron chi connectivity index (χ0n) is 39.2. The monoisotopic (exact) mass is 1020 g/mol. The largest absolute Gasteiger partial charge is 0.508 e. The van der Waals surface area contributed by atoms with Crippen molar-refractivity contribution in [3.05, 3.63) is 59.7 Å². The van der Waals surface area contributed by atoms with Gasteiger partial charge in [0.1, 0.15) is 47.8 Å². The Morgan fingerprint density at radius 3 is 1.28 bits per heavy atom. The maximum absolute atomic E-state index is 14.0. The van der Waals surface area contributed by atoms with Crippen molar-refractivity contribution in [2.24, 2.45) is 17.2 Å². The summed E-state index contributed by atoms with van der Waals surface area (Å²) in [6, 6.07) is 0.0237. The third-order valence-corrected chi connectivity index (χ3v) is 10.6. The molecule has 0 heterocycles. The van der Waals surface area contributed by atoms with Crippen molar-refractivity contribution in [1.82, 2.24) is 37.2 Å².